The molecule has 0 saturated heterocycles. The summed E-state index contributed by atoms with van der Waals surface area (Å²) in [4.78, 5) is 0. The van der Waals surface area contributed by atoms with Crippen LogP contribution in [0.3, 0.4) is 0 Å². The van der Waals surface area contributed by atoms with Gasteiger partial charge in [-0.15, -0.1) is 0 Å². The van der Waals surface area contributed by atoms with E-state index in [0.29, 0.717) is 11.8 Å². The van der Waals surface area contributed by atoms with E-state index in [1.165, 1.54) is 220 Å². The third-order valence-corrected chi connectivity index (χ3v) is 14.7. The molecule has 1 heterocycles. The van der Waals surface area contributed by atoms with Crippen LogP contribution in [0.15, 0.2) is 83.5 Å². The van der Waals surface area contributed by atoms with Crippen LogP contribution in [-0.2, 0) is 12.8 Å². The van der Waals surface area contributed by atoms with Crippen molar-refractivity contribution in [3.63, 3.8) is 0 Å². The van der Waals surface area contributed by atoms with E-state index in [0.717, 1.165) is 43.5 Å². The van der Waals surface area contributed by atoms with Gasteiger partial charge in [0.2, 0.25) is 11.4 Å². The van der Waals surface area contributed by atoms with Crippen LogP contribution in [0.2, 0.25) is 0 Å². The Bertz CT molecular complexity index is 1700. The van der Waals surface area contributed by atoms with Crippen LogP contribution in [0.1, 0.15) is 283 Å². The fraction of sp³-hybridized carbons (Fsp3) is 0.688. The van der Waals surface area contributed by atoms with Gasteiger partial charge in [-0.25, -0.2) is 4.70 Å². The average molecular weight is 902 g/mol. The van der Waals surface area contributed by atoms with Crippen LogP contribution in [-0.4, -0.2) is 4.70 Å². The Kier molecular flexibility index (Phi) is 32.1. The van der Waals surface area contributed by atoms with E-state index in [-0.39, 0.29) is 0 Å². The maximum Gasteiger partial charge on any atom is 0.211 e. The molecule has 2 aromatic carbocycles. The van der Waals surface area contributed by atoms with Gasteiger partial charge in [-0.3, -0.25) is 0 Å². The summed E-state index contributed by atoms with van der Waals surface area (Å²) in [6.07, 6.45) is 52.5. The summed E-state index contributed by atoms with van der Waals surface area (Å²) < 4.78 is 1.61. The molecule has 2 nitrogen and oxygen atoms in total. The minimum atomic E-state index is 0.611. The van der Waals surface area contributed by atoms with Crippen molar-refractivity contribution < 1.29 is 4.70 Å². The van der Waals surface area contributed by atoms with Crippen molar-refractivity contribution in [2.45, 2.75) is 273 Å². The summed E-state index contributed by atoms with van der Waals surface area (Å²) in [7, 11) is 0. The Morgan fingerprint density at radius 1 is 0.424 bits per heavy atom. The van der Waals surface area contributed by atoms with Crippen molar-refractivity contribution in [1.82, 2.24) is 0 Å². The second-order valence-electron chi connectivity index (χ2n) is 20.6. The number of unbranched alkanes of at least 4 members (excludes halogenated alkanes) is 17. The quantitative estimate of drug-likeness (QED) is 0.0361. The fourth-order valence-corrected chi connectivity index (χ4v) is 10.5. The Labute approximate surface area is 410 Å². The van der Waals surface area contributed by atoms with Crippen LogP contribution in [0.25, 0.3) is 16.9 Å². The topological polar surface area (TPSA) is 25.3 Å². The van der Waals surface area contributed by atoms with Crippen LogP contribution in [0.4, 0.5) is 0 Å². The summed E-state index contributed by atoms with van der Waals surface area (Å²) in [5, 5.41) is 0. The lowest BCUT2D eigenvalue weighted by molar-refractivity contribution is -0.344. The molecule has 2 atom stereocenters. The van der Waals surface area contributed by atoms with Gasteiger partial charge in [-0.05, 0) is 138 Å². The second kappa shape index (κ2) is 37.0. The number of allylic oxidation sites excluding steroid dienone is 6. The van der Waals surface area contributed by atoms with Gasteiger partial charge < -0.3 is 5.53 Å². The van der Waals surface area contributed by atoms with Gasteiger partial charge in [0.25, 0.3) is 0 Å². The van der Waals surface area contributed by atoms with Gasteiger partial charge in [0.15, 0.2) is 0 Å². The monoisotopic (exact) mass is 901 g/mol. The van der Waals surface area contributed by atoms with Crippen molar-refractivity contribution in [2.24, 2.45) is 11.8 Å². The number of rotatable bonds is 41. The molecule has 2 heteroatoms. The molecule has 66 heavy (non-hydrogen) atoms. The molecule has 370 valence electrons. The summed E-state index contributed by atoms with van der Waals surface area (Å²) in [5.41, 5.74) is 24.4. The summed E-state index contributed by atoms with van der Waals surface area (Å²) >= 11 is 0. The first-order valence-corrected chi connectivity index (χ1v) is 28.9. The van der Waals surface area contributed by atoms with E-state index in [1.807, 2.05) is 0 Å². The van der Waals surface area contributed by atoms with Gasteiger partial charge in [0.05, 0.1) is 0 Å². The summed E-state index contributed by atoms with van der Waals surface area (Å²) in [6, 6.07) is 18.1. The number of aryl methyl sites for hydroxylation is 2. The molecule has 0 radical (unpaired) electrons. The van der Waals surface area contributed by atoms with Crippen molar-refractivity contribution in [1.29, 1.82) is 0 Å². The molecule has 2 aromatic rings. The lowest BCUT2D eigenvalue weighted by Gasteiger charge is -2.19. The first-order chi connectivity index (χ1) is 32.4. The molecule has 0 bridgehead atoms. The van der Waals surface area contributed by atoms with Gasteiger partial charge in [-0.1, -0.05) is 230 Å². The minimum absolute atomic E-state index is 0.611. The second-order valence-corrected chi connectivity index (χ2v) is 20.6. The summed E-state index contributed by atoms with van der Waals surface area (Å²) in [5.74, 6) is 1.22. The highest BCUT2D eigenvalue weighted by molar-refractivity contribution is 5.80. The van der Waals surface area contributed by atoms with E-state index < -0.39 is 0 Å². The van der Waals surface area contributed by atoms with Crippen LogP contribution < -0.4 is 0 Å². The molecule has 0 amide bonds. The largest absolute Gasteiger partial charge is 0.493 e. The normalized spacial score (nSPS) is 14.4. The van der Waals surface area contributed by atoms with Crippen molar-refractivity contribution >= 4 is 11.4 Å². The number of hydrogen-bond acceptors (Lipinski definition) is 0. The average Bonchev–Trinajstić information content (AvgIpc) is 3.66. The zero-order valence-electron chi connectivity index (χ0n) is 44.6. The molecule has 0 spiro atoms. The first kappa shape index (κ1) is 57.3. The van der Waals surface area contributed by atoms with Crippen LogP contribution in [0.5, 0.6) is 0 Å². The predicted molar refractivity (Wildman–Crippen MR) is 294 cm³/mol. The highest BCUT2D eigenvalue weighted by atomic mass is 15.2. The van der Waals surface area contributed by atoms with E-state index in [1.54, 1.807) is 15.8 Å². The van der Waals surface area contributed by atoms with Crippen LogP contribution in [0, 0.1) is 11.8 Å². The lowest BCUT2D eigenvalue weighted by Crippen LogP contribution is -2.08. The highest BCUT2D eigenvalue weighted by Gasteiger charge is 2.31. The molecule has 0 aliphatic carbocycles. The molecule has 0 N–H and O–H groups in total. The zero-order valence-corrected chi connectivity index (χ0v) is 44.6. The Morgan fingerprint density at radius 2 is 0.803 bits per heavy atom. The molecule has 0 saturated carbocycles. The molecule has 3 rings (SSSR count). The van der Waals surface area contributed by atoms with Crippen LogP contribution >= 0.6 is 0 Å². The smallest absolute Gasteiger partial charge is 0.211 e. The predicted octanol–water partition coefficient (Wildman–Crippen LogP) is 21.7. The maximum absolute atomic E-state index is 12.5. The van der Waals surface area contributed by atoms with E-state index in [2.05, 4.69) is 115 Å². The Balaban J connectivity index is 1.93. The van der Waals surface area contributed by atoms with Gasteiger partial charge in [0.1, 0.15) is 0 Å². The van der Waals surface area contributed by atoms with Gasteiger partial charge in [0, 0.05) is 22.8 Å². The van der Waals surface area contributed by atoms with Crippen molar-refractivity contribution in [3.8, 4) is 0 Å². The lowest BCUT2D eigenvalue weighted by atomic mass is 9.88. The Morgan fingerprint density at radius 3 is 1.26 bits per heavy atom. The molecule has 2 unspecified atom stereocenters. The zero-order chi connectivity index (χ0) is 47.5. The van der Waals surface area contributed by atoms with E-state index in [9.17, 15) is 5.53 Å². The van der Waals surface area contributed by atoms with Crippen molar-refractivity contribution in [2.75, 3.05) is 0 Å². The van der Waals surface area contributed by atoms with Gasteiger partial charge in [-0.2, -0.15) is 0 Å². The highest BCUT2D eigenvalue weighted by Crippen LogP contribution is 2.40. The Hall–Kier alpha value is -3.00. The number of hydrogen-bond donors (Lipinski definition) is 0. The standard InChI is InChI=1S/C64H104N2/c1-8-15-22-28-38-54(36-26-19-12-5)51-56(40-30-24-17-10-3)47-49-58-43-32-34-45-61(58)63-53-60(42-21-14-7)64(66(63)65)62-46-35-33-44-59(62)50-48-57(41-31-25-18-11-4)52-55(37-27-20-13-6)39-29-23-16-9-2/h32-35,43-46,51-53,56-57H,8-31,36-42,47-50H2,1-7H3. The summed E-state index contributed by atoms with van der Waals surface area (Å²) in [6.45, 7) is 16.3. The molecule has 1 aliphatic rings. The number of benzene rings is 2. The van der Waals surface area contributed by atoms with E-state index in [4.69, 9.17) is 0 Å². The SMILES string of the molecule is CCCCCCC(=CC(CCCCCC)CCc1ccccc1C1=CC(CCCC)=C(c2ccccc2CCC(C=C(CCCCC)CCCCCC)CCCCCC)[N+]1=[N-])CCCCC. The molecule has 0 fully saturated rings. The molecular formula is C64H104N2. The van der Waals surface area contributed by atoms with Gasteiger partial charge >= 0.3 is 0 Å². The molecule has 1 aliphatic heterocycles. The van der Waals surface area contributed by atoms with Crippen molar-refractivity contribution in [3.05, 3.63) is 111 Å². The number of nitrogens with zero attached hydrogens (tertiary/aromatic N) is 2. The molecular weight excluding hydrogens is 797 g/mol. The first-order valence-electron chi connectivity index (χ1n) is 28.9. The third-order valence-electron chi connectivity index (χ3n) is 14.7. The maximum atomic E-state index is 12.5. The van der Waals surface area contributed by atoms with E-state index >= 15 is 0 Å². The minimum Gasteiger partial charge on any atom is -0.493 e. The fourth-order valence-electron chi connectivity index (χ4n) is 10.5. The third kappa shape index (κ3) is 22.4. The molecule has 0 aromatic heterocycles.